The van der Waals surface area contributed by atoms with Crippen LogP contribution in [0.5, 0.6) is 5.75 Å². The molecule has 2 saturated heterocycles. The van der Waals surface area contributed by atoms with E-state index in [0.29, 0.717) is 4.57 Å². The van der Waals surface area contributed by atoms with Crippen molar-refractivity contribution >= 4 is 19.5 Å². The number of nitrogens with one attached hydrogen (secondary N) is 1. The molecule has 0 bridgehead atoms. The van der Waals surface area contributed by atoms with E-state index in [-0.39, 0.29) is 24.6 Å². The standard InChI is InChI=1S/C19H21F2N4O8P/c20-19(21)15(26)13(32-17(19)25-8-6-14(22)23-18(25)28)10-31-34(29,24-12-7-9-30-16(12)27)33-11-4-2-1-3-5-11/h1-6,8,12-13,15,17,26H,7,9-10H2,(H,24,29)(H2,22,23,28)/t12-,13?,15+,17+,34?/m0/s1. The van der Waals surface area contributed by atoms with Gasteiger partial charge in [-0.3, -0.25) is 13.9 Å². The Morgan fingerprint density at radius 1 is 1.29 bits per heavy atom. The van der Waals surface area contributed by atoms with Gasteiger partial charge in [-0.15, -0.1) is 0 Å². The first-order valence-electron chi connectivity index (χ1n) is 10.1. The van der Waals surface area contributed by atoms with Gasteiger partial charge in [0, 0.05) is 12.6 Å². The lowest BCUT2D eigenvalue weighted by molar-refractivity contribution is -0.141. The molecule has 2 unspecified atom stereocenters. The van der Waals surface area contributed by atoms with Crippen molar-refractivity contribution in [1.29, 1.82) is 0 Å². The van der Waals surface area contributed by atoms with Gasteiger partial charge in [-0.25, -0.2) is 9.36 Å². The number of cyclic esters (lactones) is 1. The molecule has 0 amide bonds. The maximum atomic E-state index is 14.7. The van der Waals surface area contributed by atoms with Crippen LogP contribution in [0.4, 0.5) is 14.6 Å². The van der Waals surface area contributed by atoms with Crippen molar-refractivity contribution in [3.05, 3.63) is 53.1 Å². The van der Waals surface area contributed by atoms with Crippen LogP contribution in [-0.2, 0) is 23.4 Å². The van der Waals surface area contributed by atoms with Crippen LogP contribution in [0, 0.1) is 0 Å². The van der Waals surface area contributed by atoms with Crippen molar-refractivity contribution in [1.82, 2.24) is 14.6 Å². The SMILES string of the molecule is Nc1ccn([C@@H]2OC(COP(=O)(N[C@H]3CCOC3=O)Oc3ccccc3)[C@@H](O)C2(F)F)c(=O)n1. The summed E-state index contributed by atoms with van der Waals surface area (Å²) in [4.78, 5) is 27.2. The second-order valence-electron chi connectivity index (χ2n) is 7.52. The van der Waals surface area contributed by atoms with Crippen molar-refractivity contribution in [3.63, 3.8) is 0 Å². The van der Waals surface area contributed by atoms with Gasteiger partial charge in [0.2, 0.25) is 6.23 Å². The van der Waals surface area contributed by atoms with Crippen molar-refractivity contribution in [2.24, 2.45) is 0 Å². The van der Waals surface area contributed by atoms with E-state index in [4.69, 9.17) is 24.3 Å². The Kier molecular flexibility index (Phi) is 6.69. The lowest BCUT2D eigenvalue weighted by atomic mass is 10.1. The Labute approximate surface area is 191 Å². The summed E-state index contributed by atoms with van der Waals surface area (Å²) in [5.41, 5.74) is 4.26. The highest BCUT2D eigenvalue weighted by Gasteiger charge is 2.60. The highest BCUT2D eigenvalue weighted by atomic mass is 31.2. The van der Waals surface area contributed by atoms with Crippen LogP contribution in [0.25, 0.3) is 0 Å². The fourth-order valence-corrected chi connectivity index (χ4v) is 4.93. The number of alkyl halides is 2. The summed E-state index contributed by atoms with van der Waals surface area (Å²) in [5.74, 6) is -4.68. The third-order valence-electron chi connectivity index (χ3n) is 5.11. The topological polar surface area (TPSA) is 164 Å². The lowest BCUT2D eigenvalue weighted by Crippen LogP contribution is -2.42. The van der Waals surface area contributed by atoms with Crippen LogP contribution in [-0.4, -0.2) is 58.0 Å². The number of ether oxygens (including phenoxy) is 2. The number of hydrogen-bond donors (Lipinski definition) is 3. The smallest absolute Gasteiger partial charge is 0.459 e. The zero-order chi connectivity index (χ0) is 24.5. The quantitative estimate of drug-likeness (QED) is 0.346. The molecule has 2 aliphatic rings. The molecule has 12 nitrogen and oxygen atoms in total. The fraction of sp³-hybridized carbons (Fsp3) is 0.421. The van der Waals surface area contributed by atoms with E-state index < -0.39 is 56.4 Å². The monoisotopic (exact) mass is 502 g/mol. The number of anilines is 1. The number of halogens is 2. The van der Waals surface area contributed by atoms with Gasteiger partial charge in [0.05, 0.1) is 13.2 Å². The van der Waals surface area contributed by atoms with Gasteiger partial charge >= 0.3 is 25.3 Å². The molecule has 184 valence electrons. The second kappa shape index (κ2) is 9.39. The number of carbonyl (C=O) groups excluding carboxylic acids is 1. The van der Waals surface area contributed by atoms with E-state index in [2.05, 4.69) is 10.1 Å². The van der Waals surface area contributed by atoms with Crippen LogP contribution in [0.15, 0.2) is 47.4 Å². The summed E-state index contributed by atoms with van der Waals surface area (Å²) in [6, 6.07) is 7.90. The zero-order valence-electron chi connectivity index (χ0n) is 17.5. The van der Waals surface area contributed by atoms with Crippen molar-refractivity contribution < 1.29 is 41.8 Å². The highest BCUT2D eigenvalue weighted by Crippen LogP contribution is 2.48. The third-order valence-corrected chi connectivity index (χ3v) is 6.68. The Bertz CT molecular complexity index is 1150. The minimum atomic E-state index is -4.34. The molecule has 4 N–H and O–H groups in total. The maximum absolute atomic E-state index is 14.7. The Morgan fingerprint density at radius 2 is 2.03 bits per heavy atom. The number of aliphatic hydroxyl groups is 1. The van der Waals surface area contributed by atoms with Crippen LogP contribution in [0.1, 0.15) is 12.6 Å². The maximum Gasteiger partial charge on any atom is 0.459 e. The Balaban J connectivity index is 1.52. The predicted molar refractivity (Wildman–Crippen MR) is 111 cm³/mol. The van der Waals surface area contributed by atoms with Gasteiger partial charge in [0.1, 0.15) is 23.7 Å². The average Bonchev–Trinajstić information content (AvgIpc) is 3.28. The normalized spacial score (nSPS) is 27.8. The molecular formula is C19H21F2N4O8P. The molecule has 1 aromatic heterocycles. The number of esters is 1. The van der Waals surface area contributed by atoms with E-state index in [0.717, 1.165) is 12.3 Å². The van der Waals surface area contributed by atoms with Gasteiger partial charge in [-0.05, 0) is 18.2 Å². The molecule has 2 aliphatic heterocycles. The zero-order valence-corrected chi connectivity index (χ0v) is 18.3. The largest absolute Gasteiger partial charge is 0.464 e. The molecule has 0 saturated carbocycles. The van der Waals surface area contributed by atoms with E-state index in [9.17, 15) is 28.0 Å². The highest BCUT2D eigenvalue weighted by molar-refractivity contribution is 7.52. The fourth-order valence-electron chi connectivity index (χ4n) is 3.40. The summed E-state index contributed by atoms with van der Waals surface area (Å²) in [7, 11) is -4.34. The Morgan fingerprint density at radius 3 is 2.68 bits per heavy atom. The van der Waals surface area contributed by atoms with Gasteiger partial charge in [0.25, 0.3) is 0 Å². The molecule has 15 heteroatoms. The minimum absolute atomic E-state index is 0.0879. The summed E-state index contributed by atoms with van der Waals surface area (Å²) < 4.78 is 64.1. The number of nitrogen functional groups attached to an aromatic ring is 1. The molecule has 0 aliphatic carbocycles. The molecule has 34 heavy (non-hydrogen) atoms. The summed E-state index contributed by atoms with van der Waals surface area (Å²) >= 11 is 0. The summed E-state index contributed by atoms with van der Waals surface area (Å²) in [6.07, 6.45) is -5.22. The molecule has 4 rings (SSSR count). The molecule has 0 radical (unpaired) electrons. The van der Waals surface area contributed by atoms with Crippen molar-refractivity contribution in [2.75, 3.05) is 18.9 Å². The molecular weight excluding hydrogens is 481 g/mol. The van der Waals surface area contributed by atoms with Gasteiger partial charge in [-0.2, -0.15) is 18.9 Å². The Hall–Kier alpha value is -2.90. The first-order valence-corrected chi connectivity index (χ1v) is 11.6. The molecule has 1 aromatic carbocycles. The third kappa shape index (κ3) is 4.95. The summed E-state index contributed by atoms with van der Waals surface area (Å²) in [5, 5.41) is 12.6. The van der Waals surface area contributed by atoms with Gasteiger partial charge in [-0.1, -0.05) is 18.2 Å². The number of hydrogen-bond acceptors (Lipinski definition) is 10. The van der Waals surface area contributed by atoms with Gasteiger partial charge in [0.15, 0.2) is 6.10 Å². The predicted octanol–water partition coefficient (Wildman–Crippen LogP) is 0.828. The average molecular weight is 502 g/mol. The van der Waals surface area contributed by atoms with Crippen molar-refractivity contribution in [2.45, 2.75) is 36.8 Å². The number of aliphatic hydroxyl groups excluding tert-OH is 1. The summed E-state index contributed by atoms with van der Waals surface area (Å²) in [6.45, 7) is -0.742. The number of nitrogens with zero attached hydrogens (tertiary/aromatic N) is 2. The van der Waals surface area contributed by atoms with E-state index >= 15 is 0 Å². The molecule has 5 atom stereocenters. The van der Waals surface area contributed by atoms with Crippen LogP contribution in [0.2, 0.25) is 0 Å². The lowest BCUT2D eigenvalue weighted by Gasteiger charge is -2.23. The van der Waals surface area contributed by atoms with Crippen LogP contribution >= 0.6 is 7.75 Å². The first-order chi connectivity index (χ1) is 16.1. The van der Waals surface area contributed by atoms with Crippen molar-refractivity contribution in [3.8, 4) is 5.75 Å². The number of rotatable bonds is 8. The molecule has 3 heterocycles. The number of benzene rings is 1. The first kappa shape index (κ1) is 24.2. The van der Waals surface area contributed by atoms with Crippen LogP contribution in [0.3, 0.4) is 0 Å². The molecule has 2 aromatic rings. The van der Waals surface area contributed by atoms with E-state index in [1.807, 2.05) is 0 Å². The second-order valence-corrected chi connectivity index (χ2v) is 9.22. The number of para-hydroxylation sites is 1. The minimum Gasteiger partial charge on any atom is -0.464 e. The van der Waals surface area contributed by atoms with Gasteiger partial charge < -0.3 is 24.8 Å². The van der Waals surface area contributed by atoms with Crippen LogP contribution < -0.4 is 21.0 Å². The number of aromatic nitrogens is 2. The molecule has 2 fully saturated rings. The van der Waals surface area contributed by atoms with E-state index in [1.165, 1.54) is 12.1 Å². The molecule has 0 spiro atoms. The number of nitrogens with two attached hydrogens (primary N) is 1. The van der Waals surface area contributed by atoms with E-state index in [1.54, 1.807) is 18.2 Å². The number of carbonyl (C=O) groups is 1.